The number of fused-ring (bicyclic) bond motifs is 1. The van der Waals surface area contributed by atoms with Crippen LogP contribution < -0.4 is 20.1 Å². The van der Waals surface area contributed by atoms with E-state index in [-0.39, 0.29) is 12.7 Å². The first-order chi connectivity index (χ1) is 13.7. The van der Waals surface area contributed by atoms with E-state index in [4.69, 9.17) is 9.47 Å². The molecule has 0 radical (unpaired) electrons. The van der Waals surface area contributed by atoms with Gasteiger partial charge in [0, 0.05) is 25.0 Å². The third kappa shape index (κ3) is 4.23. The summed E-state index contributed by atoms with van der Waals surface area (Å²) in [6.45, 7) is 3.37. The first-order valence-corrected chi connectivity index (χ1v) is 9.09. The number of carbonyl (C=O) groups excluding carboxylic acids is 1. The number of amides is 1. The van der Waals surface area contributed by atoms with E-state index in [1.54, 1.807) is 12.3 Å². The SMILES string of the molecule is Cc1cccc(CNc2ccnc(C(=O)NCc3ccc4c(c3)OCO4)c2)c1. The number of nitrogens with zero attached hydrogens (tertiary/aromatic N) is 1. The summed E-state index contributed by atoms with van der Waals surface area (Å²) in [5.41, 5.74) is 4.56. The van der Waals surface area contributed by atoms with Gasteiger partial charge in [0.15, 0.2) is 11.5 Å². The fourth-order valence-electron chi connectivity index (χ4n) is 3.01. The van der Waals surface area contributed by atoms with Crippen molar-refractivity contribution in [3.8, 4) is 11.5 Å². The first kappa shape index (κ1) is 17.9. The number of hydrogen-bond acceptors (Lipinski definition) is 5. The molecule has 1 aliphatic rings. The van der Waals surface area contributed by atoms with Crippen LogP contribution >= 0.6 is 0 Å². The molecule has 0 fully saturated rings. The van der Waals surface area contributed by atoms with Gasteiger partial charge in [-0.15, -0.1) is 0 Å². The predicted octanol–water partition coefficient (Wildman–Crippen LogP) is 3.66. The third-order valence-electron chi connectivity index (χ3n) is 4.46. The maximum absolute atomic E-state index is 12.5. The van der Waals surface area contributed by atoms with Gasteiger partial charge in [-0.25, -0.2) is 0 Å². The Morgan fingerprint density at radius 3 is 2.75 bits per heavy atom. The van der Waals surface area contributed by atoms with Crippen molar-refractivity contribution in [3.63, 3.8) is 0 Å². The van der Waals surface area contributed by atoms with Crippen molar-refractivity contribution < 1.29 is 14.3 Å². The second kappa shape index (κ2) is 8.00. The summed E-state index contributed by atoms with van der Waals surface area (Å²) in [5, 5.41) is 6.22. The lowest BCUT2D eigenvalue weighted by atomic mass is 10.1. The second-order valence-electron chi connectivity index (χ2n) is 6.64. The highest BCUT2D eigenvalue weighted by atomic mass is 16.7. The molecule has 2 N–H and O–H groups in total. The Morgan fingerprint density at radius 2 is 1.86 bits per heavy atom. The molecule has 0 bridgehead atoms. The summed E-state index contributed by atoms with van der Waals surface area (Å²) in [6.07, 6.45) is 1.63. The number of hydrogen-bond donors (Lipinski definition) is 2. The van der Waals surface area contributed by atoms with Crippen LogP contribution in [-0.4, -0.2) is 17.7 Å². The zero-order valence-corrected chi connectivity index (χ0v) is 15.6. The van der Waals surface area contributed by atoms with Gasteiger partial charge in [-0.05, 0) is 42.3 Å². The average molecular weight is 375 g/mol. The summed E-state index contributed by atoms with van der Waals surface area (Å²) >= 11 is 0. The second-order valence-corrected chi connectivity index (χ2v) is 6.64. The fourth-order valence-corrected chi connectivity index (χ4v) is 3.01. The highest BCUT2D eigenvalue weighted by Crippen LogP contribution is 2.32. The number of aromatic nitrogens is 1. The summed E-state index contributed by atoms with van der Waals surface area (Å²) in [5.74, 6) is 1.20. The summed E-state index contributed by atoms with van der Waals surface area (Å²) in [6, 6.07) is 17.5. The average Bonchev–Trinajstić information content (AvgIpc) is 3.19. The van der Waals surface area contributed by atoms with E-state index in [0.717, 1.165) is 17.0 Å². The molecule has 0 saturated heterocycles. The van der Waals surface area contributed by atoms with E-state index < -0.39 is 0 Å². The molecule has 0 atom stereocenters. The molecule has 4 rings (SSSR count). The van der Waals surface area contributed by atoms with E-state index >= 15 is 0 Å². The Kier molecular flexibility index (Phi) is 5.10. The van der Waals surface area contributed by atoms with Gasteiger partial charge in [0.2, 0.25) is 6.79 Å². The lowest BCUT2D eigenvalue weighted by molar-refractivity contribution is 0.0946. The van der Waals surface area contributed by atoms with Gasteiger partial charge in [-0.1, -0.05) is 35.9 Å². The molecule has 0 saturated carbocycles. The molecule has 0 spiro atoms. The van der Waals surface area contributed by atoms with E-state index in [1.165, 1.54) is 11.1 Å². The molecule has 28 heavy (non-hydrogen) atoms. The van der Waals surface area contributed by atoms with Gasteiger partial charge in [0.05, 0.1) is 0 Å². The van der Waals surface area contributed by atoms with E-state index in [9.17, 15) is 4.79 Å². The highest BCUT2D eigenvalue weighted by Gasteiger charge is 2.14. The van der Waals surface area contributed by atoms with Crippen molar-refractivity contribution in [1.82, 2.24) is 10.3 Å². The summed E-state index contributed by atoms with van der Waals surface area (Å²) < 4.78 is 10.7. The molecule has 1 aromatic heterocycles. The molecule has 2 aromatic carbocycles. The van der Waals surface area contributed by atoms with Crippen LogP contribution in [0.15, 0.2) is 60.8 Å². The number of anilines is 1. The third-order valence-corrected chi connectivity index (χ3v) is 4.46. The van der Waals surface area contributed by atoms with Crippen molar-refractivity contribution >= 4 is 11.6 Å². The Bertz CT molecular complexity index is 1000. The highest BCUT2D eigenvalue weighted by molar-refractivity contribution is 5.93. The van der Waals surface area contributed by atoms with Crippen LogP contribution in [0.1, 0.15) is 27.2 Å². The number of pyridine rings is 1. The minimum Gasteiger partial charge on any atom is -0.454 e. The zero-order chi connectivity index (χ0) is 19.3. The lowest BCUT2D eigenvalue weighted by Crippen LogP contribution is -2.23. The first-order valence-electron chi connectivity index (χ1n) is 9.09. The number of carbonyl (C=O) groups is 1. The van der Waals surface area contributed by atoms with Gasteiger partial charge in [-0.3, -0.25) is 9.78 Å². The predicted molar refractivity (Wildman–Crippen MR) is 106 cm³/mol. The standard InChI is InChI=1S/C22H21N3O3/c1-15-3-2-4-16(9-15)12-24-18-7-8-23-19(11-18)22(26)25-13-17-5-6-20-21(10-17)28-14-27-20/h2-11H,12-14H2,1H3,(H,23,24)(H,25,26). The van der Waals surface area contributed by atoms with Crippen LogP contribution in [0.4, 0.5) is 5.69 Å². The molecule has 2 heterocycles. The van der Waals surface area contributed by atoms with Crippen molar-refractivity contribution in [3.05, 3.63) is 83.2 Å². The van der Waals surface area contributed by atoms with Crippen LogP contribution in [0.25, 0.3) is 0 Å². The van der Waals surface area contributed by atoms with Crippen LogP contribution in [-0.2, 0) is 13.1 Å². The largest absolute Gasteiger partial charge is 0.454 e. The maximum atomic E-state index is 12.5. The van der Waals surface area contributed by atoms with E-state index in [1.807, 2.05) is 30.3 Å². The molecule has 0 unspecified atom stereocenters. The topological polar surface area (TPSA) is 72.5 Å². The van der Waals surface area contributed by atoms with Crippen LogP contribution in [0.3, 0.4) is 0 Å². The molecular formula is C22H21N3O3. The number of aryl methyl sites for hydroxylation is 1. The normalized spacial score (nSPS) is 11.9. The van der Waals surface area contributed by atoms with Crippen LogP contribution in [0, 0.1) is 6.92 Å². The molecule has 0 aliphatic carbocycles. The Hall–Kier alpha value is -3.54. The van der Waals surface area contributed by atoms with Gasteiger partial charge >= 0.3 is 0 Å². The minimum absolute atomic E-state index is 0.225. The monoisotopic (exact) mass is 375 g/mol. The number of nitrogens with one attached hydrogen (secondary N) is 2. The van der Waals surface area contributed by atoms with E-state index in [0.29, 0.717) is 24.5 Å². The Morgan fingerprint density at radius 1 is 1.00 bits per heavy atom. The molecule has 1 aliphatic heterocycles. The van der Waals surface area contributed by atoms with Gasteiger partial charge in [0.25, 0.3) is 5.91 Å². The maximum Gasteiger partial charge on any atom is 0.270 e. The smallest absolute Gasteiger partial charge is 0.270 e. The minimum atomic E-state index is -0.225. The van der Waals surface area contributed by atoms with Gasteiger partial charge < -0.3 is 20.1 Å². The number of ether oxygens (including phenoxy) is 2. The van der Waals surface area contributed by atoms with Crippen molar-refractivity contribution in [2.75, 3.05) is 12.1 Å². The molecule has 6 nitrogen and oxygen atoms in total. The van der Waals surface area contributed by atoms with Crippen molar-refractivity contribution in [1.29, 1.82) is 0 Å². The Labute approximate surface area is 163 Å². The Balaban J connectivity index is 1.36. The zero-order valence-electron chi connectivity index (χ0n) is 15.6. The van der Waals surface area contributed by atoms with Crippen molar-refractivity contribution in [2.24, 2.45) is 0 Å². The quantitative estimate of drug-likeness (QED) is 0.688. The van der Waals surface area contributed by atoms with Gasteiger partial charge in [0.1, 0.15) is 5.69 Å². The molecule has 1 amide bonds. The van der Waals surface area contributed by atoms with Crippen LogP contribution in [0.2, 0.25) is 0 Å². The lowest BCUT2D eigenvalue weighted by Gasteiger charge is -2.09. The van der Waals surface area contributed by atoms with Crippen molar-refractivity contribution in [2.45, 2.75) is 20.0 Å². The molecule has 6 heteroatoms. The molecule has 3 aromatic rings. The summed E-state index contributed by atoms with van der Waals surface area (Å²) in [7, 11) is 0. The molecular weight excluding hydrogens is 354 g/mol. The van der Waals surface area contributed by atoms with Crippen LogP contribution in [0.5, 0.6) is 11.5 Å². The summed E-state index contributed by atoms with van der Waals surface area (Å²) in [4.78, 5) is 16.6. The number of rotatable bonds is 6. The number of benzene rings is 2. The van der Waals surface area contributed by atoms with Gasteiger partial charge in [-0.2, -0.15) is 0 Å². The van der Waals surface area contributed by atoms with E-state index in [2.05, 4.69) is 40.7 Å². The molecule has 142 valence electrons. The fraction of sp³-hybridized carbons (Fsp3) is 0.182.